The Hall–Kier alpha value is -1.25. The average Bonchev–Trinajstić information content (AvgIpc) is 2.49. The van der Waals surface area contributed by atoms with Gasteiger partial charge < -0.3 is 19.7 Å². The van der Waals surface area contributed by atoms with E-state index < -0.39 is 11.4 Å². The maximum atomic E-state index is 13.6. The highest BCUT2D eigenvalue weighted by atomic mass is 79.9. The van der Waals surface area contributed by atoms with E-state index in [1.165, 1.54) is 6.07 Å². The number of nitrogens with one attached hydrogen (secondary N) is 1. The first-order valence-corrected chi connectivity index (χ1v) is 8.64. The molecule has 24 heavy (non-hydrogen) atoms. The summed E-state index contributed by atoms with van der Waals surface area (Å²) in [6.07, 6.45) is -0.325. The number of hydrogen-bond donors (Lipinski definition) is 1. The van der Waals surface area contributed by atoms with Gasteiger partial charge in [-0.25, -0.2) is 14.2 Å². The number of carbonyl (C=O) groups is 1. The average molecular weight is 404 g/mol. The Bertz CT molecular complexity index is 580. The van der Waals surface area contributed by atoms with E-state index in [1.807, 2.05) is 20.8 Å². The van der Waals surface area contributed by atoms with Crippen LogP contribution in [0, 0.1) is 5.82 Å². The highest BCUT2D eigenvalue weighted by Gasteiger charge is 2.27. The number of ether oxygens (including phenoxy) is 2. The van der Waals surface area contributed by atoms with Crippen molar-refractivity contribution < 1.29 is 18.7 Å². The van der Waals surface area contributed by atoms with Crippen LogP contribution in [0.2, 0.25) is 0 Å². The van der Waals surface area contributed by atoms with Crippen LogP contribution in [-0.4, -0.2) is 53.9 Å². The van der Waals surface area contributed by atoms with Gasteiger partial charge >= 0.3 is 6.09 Å². The lowest BCUT2D eigenvalue weighted by Crippen LogP contribution is -2.55. The summed E-state index contributed by atoms with van der Waals surface area (Å²) in [5, 5.41) is 3.28. The molecule has 1 atom stereocenters. The van der Waals surface area contributed by atoms with Crippen LogP contribution in [0.5, 0.6) is 0 Å². The molecule has 1 saturated heterocycles. The first kappa shape index (κ1) is 19.1. The van der Waals surface area contributed by atoms with Crippen LogP contribution in [0.25, 0.3) is 0 Å². The summed E-state index contributed by atoms with van der Waals surface area (Å²) >= 11 is 3.21. The number of halogens is 2. The molecule has 1 aromatic rings. The van der Waals surface area contributed by atoms with Gasteiger partial charge in [0, 0.05) is 25.7 Å². The van der Waals surface area contributed by atoms with Crippen molar-refractivity contribution >= 4 is 22.0 Å². The summed E-state index contributed by atoms with van der Waals surface area (Å²) in [6.45, 7) is 7.70. The number of nitrogens with zero attached hydrogens (tertiary/aromatic N) is 2. The van der Waals surface area contributed by atoms with Crippen LogP contribution >= 0.6 is 15.9 Å². The second-order valence-corrected chi connectivity index (χ2v) is 7.47. The van der Waals surface area contributed by atoms with Crippen LogP contribution in [0.4, 0.5) is 9.18 Å². The van der Waals surface area contributed by atoms with E-state index in [9.17, 15) is 9.18 Å². The number of hydrogen-bond acceptors (Lipinski definition) is 5. The predicted octanol–water partition coefficient (Wildman–Crippen LogP) is 2.71. The number of rotatable bonds is 4. The molecule has 0 bridgehead atoms. The van der Waals surface area contributed by atoms with Crippen molar-refractivity contribution in [2.24, 2.45) is 0 Å². The van der Waals surface area contributed by atoms with Crippen molar-refractivity contribution in [2.75, 3.05) is 26.2 Å². The highest BCUT2D eigenvalue weighted by Crippen LogP contribution is 2.13. The SMILES string of the molecule is CC(C)(C)OC(=O)N1CCN[C@@H](COCc2nc(Br)ccc2F)C1. The molecule has 1 fully saturated rings. The fourth-order valence-corrected chi connectivity index (χ4v) is 2.63. The van der Waals surface area contributed by atoms with Crippen molar-refractivity contribution in [1.29, 1.82) is 0 Å². The van der Waals surface area contributed by atoms with E-state index in [1.54, 1.807) is 11.0 Å². The van der Waals surface area contributed by atoms with Gasteiger partial charge in [-0.3, -0.25) is 0 Å². The van der Waals surface area contributed by atoms with E-state index in [4.69, 9.17) is 9.47 Å². The van der Waals surface area contributed by atoms with E-state index >= 15 is 0 Å². The number of pyridine rings is 1. The minimum absolute atomic E-state index is 0.0264. The topological polar surface area (TPSA) is 63.7 Å². The van der Waals surface area contributed by atoms with Gasteiger partial charge in [-0.2, -0.15) is 0 Å². The lowest BCUT2D eigenvalue weighted by Gasteiger charge is -2.34. The zero-order chi connectivity index (χ0) is 17.7. The molecular weight excluding hydrogens is 381 g/mol. The van der Waals surface area contributed by atoms with Crippen LogP contribution in [0.15, 0.2) is 16.7 Å². The zero-order valence-electron chi connectivity index (χ0n) is 14.1. The normalized spacial score (nSPS) is 18.5. The third kappa shape index (κ3) is 5.99. The summed E-state index contributed by atoms with van der Waals surface area (Å²) in [5.41, 5.74) is -0.262. The van der Waals surface area contributed by atoms with Crippen molar-refractivity contribution in [3.63, 3.8) is 0 Å². The number of aromatic nitrogens is 1. The Morgan fingerprint density at radius 2 is 2.25 bits per heavy atom. The summed E-state index contributed by atoms with van der Waals surface area (Å²) in [6, 6.07) is 2.86. The monoisotopic (exact) mass is 403 g/mol. The molecule has 0 radical (unpaired) electrons. The van der Waals surface area contributed by atoms with Crippen LogP contribution in [-0.2, 0) is 16.1 Å². The quantitative estimate of drug-likeness (QED) is 0.782. The minimum atomic E-state index is -0.516. The smallest absolute Gasteiger partial charge is 0.410 e. The maximum absolute atomic E-state index is 13.6. The molecule has 0 saturated carbocycles. The fraction of sp³-hybridized carbons (Fsp3) is 0.625. The summed E-state index contributed by atoms with van der Waals surface area (Å²) in [5.74, 6) is -0.398. The molecule has 1 aliphatic heterocycles. The van der Waals surface area contributed by atoms with Crippen molar-refractivity contribution in [3.05, 3.63) is 28.2 Å². The van der Waals surface area contributed by atoms with Gasteiger partial charge in [0.15, 0.2) is 0 Å². The lowest BCUT2D eigenvalue weighted by atomic mass is 10.2. The molecule has 6 nitrogen and oxygen atoms in total. The molecular formula is C16H23BrFN3O3. The summed E-state index contributed by atoms with van der Waals surface area (Å²) in [7, 11) is 0. The highest BCUT2D eigenvalue weighted by molar-refractivity contribution is 9.10. The number of piperazine rings is 1. The van der Waals surface area contributed by atoms with Crippen LogP contribution < -0.4 is 5.32 Å². The molecule has 0 unspecified atom stereocenters. The van der Waals surface area contributed by atoms with Gasteiger partial charge in [-0.1, -0.05) is 0 Å². The molecule has 0 aromatic carbocycles. The standard InChI is InChI=1S/C16H23BrFN3O3/c1-16(2,3)24-15(22)21-7-6-19-11(8-21)9-23-10-13-12(18)4-5-14(17)20-13/h4-5,11,19H,6-10H2,1-3H3/t11-/m1/s1. The number of carbonyl (C=O) groups excluding carboxylic acids is 1. The minimum Gasteiger partial charge on any atom is -0.444 e. The number of amides is 1. The molecule has 8 heteroatoms. The van der Waals surface area contributed by atoms with Gasteiger partial charge in [0.1, 0.15) is 21.7 Å². The van der Waals surface area contributed by atoms with Crippen molar-refractivity contribution in [2.45, 2.75) is 39.0 Å². The van der Waals surface area contributed by atoms with Gasteiger partial charge in [-0.05, 0) is 48.8 Å². The van der Waals surface area contributed by atoms with E-state index in [0.29, 0.717) is 30.8 Å². The second-order valence-electron chi connectivity index (χ2n) is 6.66. The maximum Gasteiger partial charge on any atom is 0.410 e. The molecule has 2 rings (SSSR count). The van der Waals surface area contributed by atoms with Crippen molar-refractivity contribution in [1.82, 2.24) is 15.2 Å². The Labute approximate surface area is 149 Å². The molecule has 0 aliphatic carbocycles. The van der Waals surface area contributed by atoms with Gasteiger partial charge in [0.05, 0.1) is 13.2 Å². The molecule has 134 valence electrons. The van der Waals surface area contributed by atoms with Gasteiger partial charge in [0.25, 0.3) is 0 Å². The Morgan fingerprint density at radius 3 is 2.96 bits per heavy atom. The lowest BCUT2D eigenvalue weighted by molar-refractivity contribution is 0.0124. The summed E-state index contributed by atoms with van der Waals surface area (Å²) < 4.78 is 25.1. The predicted molar refractivity (Wildman–Crippen MR) is 91.1 cm³/mol. The first-order valence-electron chi connectivity index (χ1n) is 7.84. The Morgan fingerprint density at radius 1 is 1.50 bits per heavy atom. The van der Waals surface area contributed by atoms with Crippen LogP contribution in [0.1, 0.15) is 26.5 Å². The third-order valence-electron chi connectivity index (χ3n) is 3.35. The van der Waals surface area contributed by atoms with Gasteiger partial charge in [-0.15, -0.1) is 0 Å². The Balaban J connectivity index is 1.80. The molecule has 0 spiro atoms. The van der Waals surface area contributed by atoms with E-state index in [2.05, 4.69) is 26.2 Å². The fourth-order valence-electron chi connectivity index (χ4n) is 2.29. The zero-order valence-corrected chi connectivity index (χ0v) is 15.7. The van der Waals surface area contributed by atoms with E-state index in [0.717, 1.165) is 0 Å². The molecule has 1 aliphatic rings. The largest absolute Gasteiger partial charge is 0.444 e. The Kier molecular flexibility index (Phi) is 6.54. The van der Waals surface area contributed by atoms with E-state index in [-0.39, 0.29) is 24.4 Å². The van der Waals surface area contributed by atoms with Crippen molar-refractivity contribution in [3.8, 4) is 0 Å². The van der Waals surface area contributed by atoms with Gasteiger partial charge in [0.2, 0.25) is 0 Å². The molecule has 1 N–H and O–H groups in total. The second kappa shape index (κ2) is 8.22. The van der Waals surface area contributed by atoms with Crippen LogP contribution in [0.3, 0.4) is 0 Å². The summed E-state index contributed by atoms with van der Waals surface area (Å²) in [4.78, 5) is 17.8. The molecule has 1 aromatic heterocycles. The third-order valence-corrected chi connectivity index (χ3v) is 3.79. The molecule has 2 heterocycles. The molecule has 1 amide bonds. The first-order chi connectivity index (χ1) is 11.2.